The summed E-state index contributed by atoms with van der Waals surface area (Å²) in [6.45, 7) is 1.86. The minimum absolute atomic E-state index is 0.128. The fraction of sp³-hybridized carbons (Fsp3) is 0.154. The quantitative estimate of drug-likeness (QED) is 0.669. The number of hydrogen-bond acceptors (Lipinski definition) is 4. The van der Waals surface area contributed by atoms with E-state index in [2.05, 4.69) is 5.32 Å². The molecule has 4 nitrogen and oxygen atoms in total. The molecular formula is C13H13ClN2O2S. The number of nitrogens with two attached hydrogens (primary N) is 1. The molecule has 19 heavy (non-hydrogen) atoms. The van der Waals surface area contributed by atoms with Gasteiger partial charge in [0.2, 0.25) is 5.91 Å². The lowest BCUT2D eigenvalue weighted by molar-refractivity contribution is -0.113. The summed E-state index contributed by atoms with van der Waals surface area (Å²) in [5, 5.41) is 3.17. The van der Waals surface area contributed by atoms with Crippen molar-refractivity contribution in [3.8, 4) is 0 Å². The molecule has 0 spiro atoms. The van der Waals surface area contributed by atoms with Crippen molar-refractivity contribution >= 4 is 40.6 Å². The first-order chi connectivity index (χ1) is 9.06. The Hall–Kier alpha value is -1.59. The topological polar surface area (TPSA) is 68.3 Å². The Bertz CT molecular complexity index is 598. The Morgan fingerprint density at radius 1 is 1.47 bits per heavy atom. The van der Waals surface area contributed by atoms with E-state index in [1.807, 2.05) is 13.0 Å². The molecule has 2 aromatic rings. The molecular weight excluding hydrogens is 284 g/mol. The lowest BCUT2D eigenvalue weighted by Gasteiger charge is -2.07. The Morgan fingerprint density at radius 2 is 2.26 bits per heavy atom. The van der Waals surface area contributed by atoms with Crippen molar-refractivity contribution in [1.82, 2.24) is 0 Å². The van der Waals surface area contributed by atoms with Crippen molar-refractivity contribution in [3.63, 3.8) is 0 Å². The van der Waals surface area contributed by atoms with Gasteiger partial charge in [0.05, 0.1) is 22.7 Å². The van der Waals surface area contributed by atoms with E-state index in [-0.39, 0.29) is 5.91 Å². The molecule has 1 amide bonds. The number of amides is 1. The van der Waals surface area contributed by atoms with Crippen LogP contribution < -0.4 is 11.1 Å². The van der Waals surface area contributed by atoms with Crippen molar-refractivity contribution in [2.45, 2.75) is 11.8 Å². The Labute approximate surface area is 120 Å². The van der Waals surface area contributed by atoms with Crippen LogP contribution in [0.4, 0.5) is 11.4 Å². The highest BCUT2D eigenvalue weighted by Crippen LogP contribution is 2.26. The van der Waals surface area contributed by atoms with Gasteiger partial charge in [-0.3, -0.25) is 4.79 Å². The van der Waals surface area contributed by atoms with E-state index in [1.54, 1.807) is 24.5 Å². The third kappa shape index (κ3) is 3.68. The van der Waals surface area contributed by atoms with Gasteiger partial charge in [-0.05, 0) is 31.2 Å². The molecule has 0 saturated heterocycles. The van der Waals surface area contributed by atoms with Crippen molar-refractivity contribution in [2.24, 2.45) is 0 Å². The van der Waals surface area contributed by atoms with Crippen LogP contribution in [0.3, 0.4) is 0 Å². The van der Waals surface area contributed by atoms with Gasteiger partial charge in [0, 0.05) is 10.6 Å². The molecule has 1 aromatic carbocycles. The van der Waals surface area contributed by atoms with Crippen molar-refractivity contribution in [2.75, 3.05) is 16.8 Å². The highest BCUT2D eigenvalue weighted by molar-refractivity contribution is 8.00. The molecule has 0 unspecified atom stereocenters. The Balaban J connectivity index is 1.93. The number of nitrogens with one attached hydrogen (secondary N) is 1. The number of benzene rings is 1. The first kappa shape index (κ1) is 13.8. The fourth-order valence-electron chi connectivity index (χ4n) is 1.49. The van der Waals surface area contributed by atoms with Crippen molar-refractivity contribution in [3.05, 3.63) is 41.3 Å². The second kappa shape index (κ2) is 6.04. The average molecular weight is 297 g/mol. The molecule has 1 heterocycles. The maximum atomic E-state index is 11.8. The minimum Gasteiger partial charge on any atom is -0.468 e. The molecule has 0 bridgehead atoms. The molecule has 0 fully saturated rings. The van der Waals surface area contributed by atoms with E-state index >= 15 is 0 Å². The minimum atomic E-state index is -0.128. The molecule has 3 N–H and O–H groups in total. The monoisotopic (exact) mass is 296 g/mol. The van der Waals surface area contributed by atoms with Crippen LogP contribution in [0.2, 0.25) is 5.02 Å². The molecule has 0 aliphatic rings. The maximum absolute atomic E-state index is 11.8. The van der Waals surface area contributed by atoms with E-state index in [1.165, 1.54) is 11.8 Å². The molecule has 1 aromatic heterocycles. The van der Waals surface area contributed by atoms with Gasteiger partial charge in [-0.25, -0.2) is 0 Å². The highest BCUT2D eigenvalue weighted by atomic mass is 35.5. The molecule has 0 aliphatic carbocycles. The smallest absolute Gasteiger partial charge is 0.234 e. The van der Waals surface area contributed by atoms with Crippen molar-refractivity contribution < 1.29 is 9.21 Å². The Morgan fingerprint density at radius 3 is 2.89 bits per heavy atom. The number of aryl methyl sites for hydroxylation is 1. The van der Waals surface area contributed by atoms with Gasteiger partial charge in [0.25, 0.3) is 0 Å². The first-order valence-corrected chi connectivity index (χ1v) is 6.94. The van der Waals surface area contributed by atoms with Gasteiger partial charge in [-0.1, -0.05) is 11.6 Å². The summed E-state index contributed by atoms with van der Waals surface area (Å²) < 4.78 is 5.16. The van der Waals surface area contributed by atoms with Gasteiger partial charge < -0.3 is 15.5 Å². The van der Waals surface area contributed by atoms with E-state index < -0.39 is 0 Å². The van der Waals surface area contributed by atoms with Crippen molar-refractivity contribution in [1.29, 1.82) is 0 Å². The van der Waals surface area contributed by atoms with E-state index in [4.69, 9.17) is 21.8 Å². The number of carbonyl (C=O) groups is 1. The summed E-state index contributed by atoms with van der Waals surface area (Å²) in [6, 6.07) is 6.81. The Kier molecular flexibility index (Phi) is 4.39. The van der Waals surface area contributed by atoms with Gasteiger partial charge in [0.1, 0.15) is 5.76 Å². The van der Waals surface area contributed by atoms with Crippen LogP contribution >= 0.6 is 23.4 Å². The largest absolute Gasteiger partial charge is 0.468 e. The predicted molar refractivity (Wildman–Crippen MR) is 78.7 cm³/mol. The lowest BCUT2D eigenvalue weighted by Crippen LogP contribution is -2.14. The summed E-state index contributed by atoms with van der Waals surface area (Å²) in [5.74, 6) is 0.974. The zero-order chi connectivity index (χ0) is 13.8. The van der Waals surface area contributed by atoms with Gasteiger partial charge >= 0.3 is 0 Å². The first-order valence-electron chi connectivity index (χ1n) is 5.58. The molecule has 6 heteroatoms. The number of nitrogen functional groups attached to an aromatic ring is 1. The number of halogens is 1. The third-order valence-electron chi connectivity index (χ3n) is 2.44. The van der Waals surface area contributed by atoms with Crippen LogP contribution in [0.5, 0.6) is 0 Å². The van der Waals surface area contributed by atoms with Crippen LogP contribution in [-0.2, 0) is 4.79 Å². The molecule has 2 rings (SSSR count). The van der Waals surface area contributed by atoms with E-state index in [0.717, 1.165) is 10.7 Å². The number of thioether (sulfide) groups is 1. The van der Waals surface area contributed by atoms with E-state index in [0.29, 0.717) is 22.2 Å². The van der Waals surface area contributed by atoms with E-state index in [9.17, 15) is 4.79 Å². The van der Waals surface area contributed by atoms with Crippen LogP contribution in [0.1, 0.15) is 5.76 Å². The van der Waals surface area contributed by atoms with Crippen LogP contribution in [0.15, 0.2) is 39.8 Å². The summed E-state index contributed by atoms with van der Waals surface area (Å²) in [6.07, 6.45) is 1.60. The summed E-state index contributed by atoms with van der Waals surface area (Å²) in [7, 11) is 0. The molecule has 0 atom stereocenters. The normalized spacial score (nSPS) is 10.4. The summed E-state index contributed by atoms with van der Waals surface area (Å²) >= 11 is 7.40. The van der Waals surface area contributed by atoms with Crippen LogP contribution in [0, 0.1) is 6.92 Å². The van der Waals surface area contributed by atoms with Gasteiger partial charge in [-0.15, -0.1) is 11.8 Å². The average Bonchev–Trinajstić information content (AvgIpc) is 2.76. The molecule has 100 valence electrons. The zero-order valence-corrected chi connectivity index (χ0v) is 11.8. The van der Waals surface area contributed by atoms with Crippen LogP contribution in [-0.4, -0.2) is 11.7 Å². The number of anilines is 2. The number of rotatable bonds is 4. The molecule has 0 aliphatic heterocycles. The predicted octanol–water partition coefficient (Wildman–Crippen LogP) is 3.55. The summed E-state index contributed by atoms with van der Waals surface area (Å²) in [5.41, 5.74) is 6.71. The van der Waals surface area contributed by atoms with Gasteiger partial charge in [0.15, 0.2) is 0 Å². The van der Waals surface area contributed by atoms with Gasteiger partial charge in [-0.2, -0.15) is 0 Å². The SMILES string of the molecule is Cc1occc1SCC(=O)Nc1ccc(N)cc1Cl. The number of hydrogen-bond donors (Lipinski definition) is 2. The second-order valence-corrected chi connectivity index (χ2v) is 5.34. The molecule has 0 saturated carbocycles. The second-order valence-electron chi connectivity index (χ2n) is 3.92. The fourth-order valence-corrected chi connectivity index (χ4v) is 2.48. The summed E-state index contributed by atoms with van der Waals surface area (Å²) in [4.78, 5) is 12.8. The highest BCUT2D eigenvalue weighted by Gasteiger charge is 2.09. The molecule has 0 radical (unpaired) electrons. The zero-order valence-electron chi connectivity index (χ0n) is 10.3. The standard InChI is InChI=1S/C13H13ClN2O2S/c1-8-12(4-5-18-8)19-7-13(17)16-11-3-2-9(15)6-10(11)14/h2-6H,7,15H2,1H3,(H,16,17). The lowest BCUT2D eigenvalue weighted by atomic mass is 10.3. The third-order valence-corrected chi connectivity index (χ3v) is 3.89. The maximum Gasteiger partial charge on any atom is 0.234 e. The van der Waals surface area contributed by atoms with Crippen LogP contribution in [0.25, 0.3) is 0 Å². The number of carbonyl (C=O) groups excluding carboxylic acids is 1. The number of furan rings is 1.